The van der Waals surface area contributed by atoms with Crippen LogP contribution in [0.2, 0.25) is 0 Å². The summed E-state index contributed by atoms with van der Waals surface area (Å²) in [7, 11) is 3.28. The number of hydrogen-bond acceptors (Lipinski definition) is 7. The fraction of sp³-hybridized carbons (Fsp3) is 0.294. The molecule has 0 bridgehead atoms. The normalized spacial score (nSPS) is 14.8. The number of fused-ring (bicyclic) bond motifs is 3. The maximum Gasteiger partial charge on any atom is 0.238 e. The van der Waals surface area contributed by atoms with E-state index in [-0.39, 0.29) is 11.7 Å². The molecule has 1 aliphatic rings. The molecule has 134 valence electrons. The molecule has 0 atom stereocenters. The summed E-state index contributed by atoms with van der Waals surface area (Å²) in [5.41, 5.74) is 3.76. The first-order valence-electron chi connectivity index (χ1n) is 7.95. The third kappa shape index (κ3) is 2.83. The van der Waals surface area contributed by atoms with Gasteiger partial charge in [-0.05, 0) is 32.4 Å². The van der Waals surface area contributed by atoms with Gasteiger partial charge in [0.1, 0.15) is 10.2 Å². The third-order valence-corrected chi connectivity index (χ3v) is 8.58. The van der Waals surface area contributed by atoms with E-state index in [4.69, 9.17) is 12.2 Å². The molecule has 9 heteroatoms. The number of nitrogens with one attached hydrogen (secondary N) is 1. The van der Waals surface area contributed by atoms with Gasteiger partial charge < -0.3 is 4.90 Å². The van der Waals surface area contributed by atoms with Crippen molar-refractivity contribution in [1.29, 1.82) is 0 Å². The first-order valence-corrected chi connectivity index (χ1v) is 11.5. The third-order valence-electron chi connectivity index (χ3n) is 4.38. The lowest BCUT2D eigenvalue weighted by atomic mass is 9.87. The summed E-state index contributed by atoms with van der Waals surface area (Å²) in [5.74, 6) is 0.329. The topological polar surface area (TPSA) is 61.9 Å². The molecule has 3 heterocycles. The summed E-state index contributed by atoms with van der Waals surface area (Å²) in [6.07, 6.45) is 1.45. The standard InChI is InChI=1S/C17H16N4OS4/c1-9-4-5-10-11(6-9)21(12(22)7-24-16-18-8-19-20-16)17(2,3)14-13(10)15(23)26-25-14/h4-6,8H,7H2,1-3H3,(H,18,19,20). The van der Waals surface area contributed by atoms with E-state index in [0.29, 0.717) is 5.16 Å². The molecule has 1 aromatic carbocycles. The first kappa shape index (κ1) is 17.8. The number of rotatable bonds is 3. The number of nitrogens with zero attached hydrogens (tertiary/aromatic N) is 3. The lowest BCUT2D eigenvalue weighted by Crippen LogP contribution is -2.48. The van der Waals surface area contributed by atoms with Crippen LogP contribution in [0, 0.1) is 10.7 Å². The van der Waals surface area contributed by atoms with E-state index < -0.39 is 5.54 Å². The van der Waals surface area contributed by atoms with Gasteiger partial charge in [0.2, 0.25) is 5.91 Å². The Labute approximate surface area is 167 Å². The summed E-state index contributed by atoms with van der Waals surface area (Å²) >= 11 is 6.96. The van der Waals surface area contributed by atoms with Gasteiger partial charge >= 0.3 is 0 Å². The first-order chi connectivity index (χ1) is 12.4. The number of benzene rings is 1. The molecule has 0 fully saturated rings. The number of anilines is 1. The van der Waals surface area contributed by atoms with E-state index in [0.717, 1.165) is 31.1 Å². The number of carbonyl (C=O) groups is 1. The highest BCUT2D eigenvalue weighted by Gasteiger charge is 2.42. The molecular weight excluding hydrogens is 404 g/mol. The van der Waals surface area contributed by atoms with Gasteiger partial charge in [0.05, 0.1) is 21.9 Å². The summed E-state index contributed by atoms with van der Waals surface area (Å²) in [6, 6.07) is 6.23. The summed E-state index contributed by atoms with van der Waals surface area (Å²) in [4.78, 5) is 20.4. The van der Waals surface area contributed by atoms with Gasteiger partial charge in [-0.15, -0.1) is 0 Å². The zero-order valence-electron chi connectivity index (χ0n) is 14.4. The Morgan fingerprint density at radius 3 is 2.92 bits per heavy atom. The number of aromatic amines is 1. The zero-order valence-corrected chi connectivity index (χ0v) is 17.7. The monoisotopic (exact) mass is 420 g/mol. The summed E-state index contributed by atoms with van der Waals surface area (Å²) in [5, 5.41) is 7.26. The molecule has 1 amide bonds. The van der Waals surface area contributed by atoms with Crippen molar-refractivity contribution < 1.29 is 4.79 Å². The highest BCUT2D eigenvalue weighted by Crippen LogP contribution is 2.52. The van der Waals surface area contributed by atoms with Crippen molar-refractivity contribution in [2.24, 2.45) is 0 Å². The molecule has 0 saturated heterocycles. The Morgan fingerprint density at radius 2 is 2.19 bits per heavy atom. The van der Waals surface area contributed by atoms with Crippen LogP contribution in [0.25, 0.3) is 11.1 Å². The van der Waals surface area contributed by atoms with Crippen molar-refractivity contribution in [2.75, 3.05) is 10.7 Å². The minimum Gasteiger partial charge on any atom is -0.301 e. The Hall–Kier alpha value is -1.55. The van der Waals surface area contributed by atoms with Crippen LogP contribution in [-0.2, 0) is 10.3 Å². The van der Waals surface area contributed by atoms with Crippen LogP contribution >= 0.6 is 44.7 Å². The van der Waals surface area contributed by atoms with Crippen LogP contribution in [0.3, 0.4) is 0 Å². The van der Waals surface area contributed by atoms with Crippen molar-refractivity contribution in [3.8, 4) is 11.1 Å². The highest BCUT2D eigenvalue weighted by molar-refractivity contribution is 7.99. The Balaban J connectivity index is 1.80. The molecule has 0 radical (unpaired) electrons. The number of carbonyl (C=O) groups excluding carboxylic acids is 1. The molecule has 0 saturated carbocycles. The molecule has 0 spiro atoms. The highest BCUT2D eigenvalue weighted by atomic mass is 32.9. The maximum atomic E-state index is 13.2. The van der Waals surface area contributed by atoms with E-state index >= 15 is 0 Å². The number of amides is 1. The maximum absolute atomic E-state index is 13.2. The van der Waals surface area contributed by atoms with Crippen LogP contribution in [0.1, 0.15) is 24.3 Å². The molecular formula is C17H16N4OS4. The van der Waals surface area contributed by atoms with Gasteiger partial charge in [0, 0.05) is 11.1 Å². The van der Waals surface area contributed by atoms with Crippen LogP contribution in [0.15, 0.2) is 29.7 Å². The van der Waals surface area contributed by atoms with Crippen molar-refractivity contribution in [3.63, 3.8) is 0 Å². The molecule has 1 aliphatic heterocycles. The van der Waals surface area contributed by atoms with E-state index in [1.807, 2.05) is 11.8 Å². The number of aryl methyl sites for hydroxylation is 1. The molecule has 3 aromatic rings. The SMILES string of the molecule is Cc1ccc2c(c1)N(C(=O)CSc1ncn[nH]1)C(C)(C)c1ssc(=S)c1-2. The van der Waals surface area contributed by atoms with E-state index in [2.05, 4.69) is 47.2 Å². The second-order valence-electron chi connectivity index (χ2n) is 6.55. The second kappa shape index (κ2) is 6.56. The van der Waals surface area contributed by atoms with Crippen molar-refractivity contribution in [2.45, 2.75) is 31.5 Å². The minimum atomic E-state index is -0.451. The largest absolute Gasteiger partial charge is 0.301 e. The van der Waals surface area contributed by atoms with Crippen molar-refractivity contribution in [3.05, 3.63) is 38.8 Å². The van der Waals surface area contributed by atoms with Gasteiger partial charge in [-0.3, -0.25) is 9.89 Å². The Kier molecular flexibility index (Phi) is 4.50. The molecule has 0 aliphatic carbocycles. The van der Waals surface area contributed by atoms with E-state index in [1.54, 1.807) is 20.7 Å². The average Bonchev–Trinajstić information content (AvgIpc) is 3.23. The summed E-state index contributed by atoms with van der Waals surface area (Å²) in [6.45, 7) is 6.22. The van der Waals surface area contributed by atoms with Gasteiger partial charge in [-0.25, -0.2) is 4.98 Å². The number of aromatic nitrogens is 3. The molecule has 1 N–H and O–H groups in total. The van der Waals surface area contributed by atoms with E-state index in [1.165, 1.54) is 18.1 Å². The average molecular weight is 421 g/mol. The smallest absolute Gasteiger partial charge is 0.238 e. The molecule has 4 rings (SSSR count). The van der Waals surface area contributed by atoms with Crippen LogP contribution in [0.4, 0.5) is 5.69 Å². The lowest BCUT2D eigenvalue weighted by Gasteiger charge is -2.43. The predicted octanol–water partition coefficient (Wildman–Crippen LogP) is 5.01. The van der Waals surface area contributed by atoms with Crippen molar-refractivity contribution in [1.82, 2.24) is 15.2 Å². The number of H-pyrrole nitrogens is 1. The lowest BCUT2D eigenvalue weighted by molar-refractivity contribution is -0.117. The van der Waals surface area contributed by atoms with Crippen molar-refractivity contribution >= 4 is 56.3 Å². The predicted molar refractivity (Wildman–Crippen MR) is 111 cm³/mol. The van der Waals surface area contributed by atoms with Crippen LogP contribution in [-0.4, -0.2) is 26.8 Å². The molecule has 5 nitrogen and oxygen atoms in total. The molecule has 2 aromatic heterocycles. The van der Waals surface area contributed by atoms with Gasteiger partial charge in [0.15, 0.2) is 5.16 Å². The van der Waals surface area contributed by atoms with Gasteiger partial charge in [0.25, 0.3) is 0 Å². The zero-order chi connectivity index (χ0) is 18.5. The van der Waals surface area contributed by atoms with Gasteiger partial charge in [-0.2, -0.15) is 5.10 Å². The summed E-state index contributed by atoms with van der Waals surface area (Å²) < 4.78 is 0.895. The van der Waals surface area contributed by atoms with Crippen LogP contribution < -0.4 is 4.90 Å². The quantitative estimate of drug-likeness (QED) is 0.367. The molecule has 26 heavy (non-hydrogen) atoms. The molecule has 0 unspecified atom stereocenters. The number of hydrogen-bond donors (Lipinski definition) is 1. The minimum absolute atomic E-state index is 0.0400. The van der Waals surface area contributed by atoms with Gasteiger partial charge in [-0.1, -0.05) is 56.8 Å². The number of thioether (sulfide) groups is 1. The Morgan fingerprint density at radius 1 is 1.38 bits per heavy atom. The second-order valence-corrected chi connectivity index (χ2v) is 10.3. The van der Waals surface area contributed by atoms with Crippen LogP contribution in [0.5, 0.6) is 0 Å². The fourth-order valence-electron chi connectivity index (χ4n) is 3.24. The Bertz CT molecular complexity index is 1040. The fourth-order valence-corrected chi connectivity index (χ4v) is 7.15. The van der Waals surface area contributed by atoms with E-state index in [9.17, 15) is 4.79 Å².